The number of carbonyl (C=O) groups is 1. The highest BCUT2D eigenvalue weighted by Gasteiger charge is 2.26. The zero-order chi connectivity index (χ0) is 17.3. The van der Waals surface area contributed by atoms with Gasteiger partial charge in [-0.2, -0.15) is 11.8 Å². The quantitative estimate of drug-likeness (QED) is 0.774. The fourth-order valence-electron chi connectivity index (χ4n) is 3.10. The van der Waals surface area contributed by atoms with Crippen molar-refractivity contribution >= 4 is 23.5 Å². The van der Waals surface area contributed by atoms with Crippen molar-refractivity contribution in [3.05, 3.63) is 60.3 Å². The molecule has 4 nitrogen and oxygen atoms in total. The van der Waals surface area contributed by atoms with Crippen LogP contribution in [0.15, 0.2) is 54.7 Å². The highest BCUT2D eigenvalue weighted by atomic mass is 32.2. The lowest BCUT2D eigenvalue weighted by atomic mass is 9.97. The number of hydrogen-bond donors (Lipinski definition) is 1. The number of anilines is 1. The van der Waals surface area contributed by atoms with E-state index < -0.39 is 0 Å². The highest BCUT2D eigenvalue weighted by molar-refractivity contribution is 7.98. The van der Waals surface area contributed by atoms with E-state index in [0.29, 0.717) is 0 Å². The molecule has 1 aromatic carbocycles. The molecule has 1 fully saturated rings. The Morgan fingerprint density at radius 1 is 1.20 bits per heavy atom. The molecule has 3 rings (SSSR count). The number of carbonyl (C=O) groups excluding carboxylic acids is 1. The van der Waals surface area contributed by atoms with E-state index in [0.717, 1.165) is 49.8 Å². The van der Waals surface area contributed by atoms with Crippen molar-refractivity contribution in [1.82, 2.24) is 10.3 Å². The van der Waals surface area contributed by atoms with Crippen molar-refractivity contribution in [1.29, 1.82) is 0 Å². The maximum Gasteiger partial charge on any atom is 0.224 e. The van der Waals surface area contributed by atoms with E-state index in [4.69, 9.17) is 0 Å². The largest absolute Gasteiger partial charge is 0.356 e. The SMILES string of the molecule is O=C(NCCSCc1ccccc1)[C@H]1CCCN(c2ccccn2)C1. The first-order chi connectivity index (χ1) is 12.3. The van der Waals surface area contributed by atoms with E-state index in [2.05, 4.69) is 39.5 Å². The van der Waals surface area contributed by atoms with Crippen LogP contribution in [0.5, 0.6) is 0 Å². The number of pyridine rings is 1. The molecule has 0 radical (unpaired) electrons. The Morgan fingerprint density at radius 2 is 2.04 bits per heavy atom. The normalized spacial score (nSPS) is 17.3. The van der Waals surface area contributed by atoms with Gasteiger partial charge in [0.05, 0.1) is 5.92 Å². The summed E-state index contributed by atoms with van der Waals surface area (Å²) in [6, 6.07) is 16.4. The molecule has 0 saturated carbocycles. The topological polar surface area (TPSA) is 45.2 Å². The molecule has 25 heavy (non-hydrogen) atoms. The molecule has 0 bridgehead atoms. The Balaban J connectivity index is 1.38. The second kappa shape index (κ2) is 9.47. The summed E-state index contributed by atoms with van der Waals surface area (Å²) in [5.74, 6) is 3.15. The van der Waals surface area contributed by atoms with Crippen LogP contribution in [-0.4, -0.2) is 36.3 Å². The molecule has 0 aliphatic carbocycles. The molecule has 2 heterocycles. The van der Waals surface area contributed by atoms with Gasteiger partial charge in [0.25, 0.3) is 0 Å². The predicted molar refractivity (Wildman–Crippen MR) is 105 cm³/mol. The number of aromatic nitrogens is 1. The smallest absolute Gasteiger partial charge is 0.224 e. The maximum absolute atomic E-state index is 12.4. The Labute approximate surface area is 154 Å². The van der Waals surface area contributed by atoms with Crippen molar-refractivity contribution in [3.8, 4) is 0 Å². The summed E-state index contributed by atoms with van der Waals surface area (Å²) in [7, 11) is 0. The number of rotatable bonds is 7. The molecule has 1 amide bonds. The first kappa shape index (κ1) is 17.8. The average Bonchev–Trinajstić information content (AvgIpc) is 2.69. The summed E-state index contributed by atoms with van der Waals surface area (Å²) >= 11 is 1.86. The van der Waals surface area contributed by atoms with E-state index in [9.17, 15) is 4.79 Å². The Kier molecular flexibility index (Phi) is 6.74. The molecular formula is C20H25N3OS. The summed E-state index contributed by atoms with van der Waals surface area (Å²) in [5.41, 5.74) is 1.33. The van der Waals surface area contributed by atoms with Crippen LogP contribution in [0.25, 0.3) is 0 Å². The van der Waals surface area contributed by atoms with Gasteiger partial charge in [-0.05, 0) is 30.5 Å². The molecule has 1 aliphatic rings. The number of nitrogens with zero attached hydrogens (tertiary/aromatic N) is 2. The molecule has 1 aliphatic heterocycles. The monoisotopic (exact) mass is 355 g/mol. The van der Waals surface area contributed by atoms with Gasteiger partial charge in [-0.15, -0.1) is 0 Å². The molecule has 5 heteroatoms. The van der Waals surface area contributed by atoms with E-state index in [-0.39, 0.29) is 11.8 Å². The maximum atomic E-state index is 12.4. The predicted octanol–water partition coefficient (Wildman–Crippen LogP) is 3.35. The molecule has 0 spiro atoms. The van der Waals surface area contributed by atoms with Crippen LogP contribution in [0.1, 0.15) is 18.4 Å². The van der Waals surface area contributed by atoms with Crippen molar-refractivity contribution in [2.75, 3.05) is 30.3 Å². The van der Waals surface area contributed by atoms with Crippen LogP contribution < -0.4 is 10.2 Å². The van der Waals surface area contributed by atoms with Crippen molar-refractivity contribution in [2.24, 2.45) is 5.92 Å². The van der Waals surface area contributed by atoms with Crippen LogP contribution in [-0.2, 0) is 10.5 Å². The zero-order valence-electron chi connectivity index (χ0n) is 14.4. The number of piperidine rings is 1. The van der Waals surface area contributed by atoms with Gasteiger partial charge >= 0.3 is 0 Å². The number of nitrogens with one attached hydrogen (secondary N) is 1. The highest BCUT2D eigenvalue weighted by Crippen LogP contribution is 2.21. The van der Waals surface area contributed by atoms with Crippen LogP contribution in [0.4, 0.5) is 5.82 Å². The van der Waals surface area contributed by atoms with Crippen molar-refractivity contribution < 1.29 is 4.79 Å². The molecular weight excluding hydrogens is 330 g/mol. The average molecular weight is 356 g/mol. The second-order valence-corrected chi connectivity index (χ2v) is 7.41. The Hall–Kier alpha value is -2.01. The number of thioether (sulfide) groups is 1. The first-order valence-corrected chi connectivity index (χ1v) is 10.0. The Bertz CT molecular complexity index is 651. The van der Waals surface area contributed by atoms with Gasteiger partial charge in [0.1, 0.15) is 5.82 Å². The van der Waals surface area contributed by atoms with E-state index >= 15 is 0 Å². The minimum absolute atomic E-state index is 0.0647. The standard InChI is InChI=1S/C20H25N3OS/c24-20(22-12-14-25-16-17-7-2-1-3-8-17)18-9-6-13-23(15-18)19-10-4-5-11-21-19/h1-5,7-8,10-11,18H,6,9,12-16H2,(H,22,24)/t18-/m0/s1. The van der Waals surface area contributed by atoms with Crippen LogP contribution in [0, 0.1) is 5.92 Å². The van der Waals surface area contributed by atoms with Gasteiger partial charge in [-0.3, -0.25) is 4.79 Å². The summed E-state index contributed by atoms with van der Waals surface area (Å²) in [4.78, 5) is 19.1. The molecule has 0 unspecified atom stereocenters. The van der Waals surface area contributed by atoms with Crippen LogP contribution >= 0.6 is 11.8 Å². The van der Waals surface area contributed by atoms with Crippen molar-refractivity contribution in [3.63, 3.8) is 0 Å². The number of benzene rings is 1. The Morgan fingerprint density at radius 3 is 2.84 bits per heavy atom. The third kappa shape index (κ3) is 5.49. The van der Waals surface area contributed by atoms with E-state index in [1.807, 2.05) is 42.2 Å². The van der Waals surface area contributed by atoms with Crippen molar-refractivity contribution in [2.45, 2.75) is 18.6 Å². The molecule has 1 N–H and O–H groups in total. The minimum atomic E-state index is 0.0647. The van der Waals surface area contributed by atoms with Gasteiger partial charge in [0.15, 0.2) is 0 Å². The van der Waals surface area contributed by atoms with Gasteiger partial charge in [-0.25, -0.2) is 4.98 Å². The van der Waals surface area contributed by atoms with Crippen LogP contribution in [0.3, 0.4) is 0 Å². The van der Waals surface area contributed by atoms with Gasteiger partial charge in [0, 0.05) is 37.3 Å². The first-order valence-electron chi connectivity index (χ1n) is 8.88. The van der Waals surface area contributed by atoms with Gasteiger partial charge in [0.2, 0.25) is 5.91 Å². The second-order valence-electron chi connectivity index (χ2n) is 6.30. The fourth-order valence-corrected chi connectivity index (χ4v) is 3.91. The third-order valence-corrected chi connectivity index (χ3v) is 5.45. The molecule has 2 aromatic rings. The molecule has 132 valence electrons. The lowest BCUT2D eigenvalue weighted by Gasteiger charge is -2.32. The lowest BCUT2D eigenvalue weighted by Crippen LogP contribution is -2.43. The van der Waals surface area contributed by atoms with E-state index in [1.54, 1.807) is 0 Å². The van der Waals surface area contributed by atoms with Gasteiger partial charge in [-0.1, -0.05) is 36.4 Å². The lowest BCUT2D eigenvalue weighted by molar-refractivity contribution is -0.125. The number of hydrogen-bond acceptors (Lipinski definition) is 4. The summed E-state index contributed by atoms with van der Waals surface area (Å²) in [6.45, 7) is 2.48. The third-order valence-electron chi connectivity index (χ3n) is 4.42. The van der Waals surface area contributed by atoms with Crippen LogP contribution in [0.2, 0.25) is 0 Å². The summed E-state index contributed by atoms with van der Waals surface area (Å²) in [6.07, 6.45) is 3.81. The van der Waals surface area contributed by atoms with Gasteiger partial charge < -0.3 is 10.2 Å². The summed E-state index contributed by atoms with van der Waals surface area (Å²) in [5, 5.41) is 3.10. The number of amides is 1. The molecule has 1 atom stereocenters. The molecule has 1 aromatic heterocycles. The fraction of sp³-hybridized carbons (Fsp3) is 0.400. The van der Waals surface area contributed by atoms with E-state index in [1.165, 1.54) is 5.56 Å². The zero-order valence-corrected chi connectivity index (χ0v) is 15.3. The summed E-state index contributed by atoms with van der Waals surface area (Å²) < 4.78 is 0. The minimum Gasteiger partial charge on any atom is -0.356 e. The molecule has 1 saturated heterocycles.